The van der Waals surface area contributed by atoms with Crippen LogP contribution in [0.5, 0.6) is 0 Å². The van der Waals surface area contributed by atoms with E-state index in [4.69, 9.17) is 31.4 Å². The Morgan fingerprint density at radius 1 is 0.516 bits per heavy atom. The minimum atomic E-state index is -1.38. The first-order valence-corrected chi connectivity index (χ1v) is 30.1. The number of H-pyrrole nitrogens is 2. The first-order valence-electron chi connectivity index (χ1n) is 30.1. The van der Waals surface area contributed by atoms with Gasteiger partial charge in [0.1, 0.15) is 17.9 Å². The van der Waals surface area contributed by atoms with Crippen molar-refractivity contribution in [2.24, 2.45) is 5.73 Å². The molecule has 0 aliphatic rings. The monoisotopic (exact) mass is 1290 g/mol. The van der Waals surface area contributed by atoms with Crippen LogP contribution in [-0.2, 0) is 56.1 Å². The minimum Gasteiger partial charge on any atom is -0.480 e. The molecule has 0 bridgehead atoms. The number of benzene rings is 2. The van der Waals surface area contributed by atoms with Crippen molar-refractivity contribution < 1.29 is 62.8 Å². The lowest BCUT2D eigenvalue weighted by atomic mass is 10.1. The zero-order valence-corrected chi connectivity index (χ0v) is 51.2. The SMILES string of the molecule is NCCCOCCOCCOCCCN(CCC(=O)NCCCC(=O)CCC(NC(=O)c1ccc(NCc2cnc3c(=O)[nH]c(N)nc3n2)cc1)C(=O)O)CCC(=O)NCCNC(=O)CCC(NC(=O)c1ccc(NCc2cnc3c(=O)[nH]c(N)nc3n2)cc1)C(=O)O. The molecule has 4 heterocycles. The van der Waals surface area contributed by atoms with Gasteiger partial charge in [0.05, 0.1) is 63.3 Å². The Kier molecular flexibility index (Phi) is 29.8. The Bertz CT molecular complexity index is 3380. The van der Waals surface area contributed by atoms with Gasteiger partial charge in [0.2, 0.25) is 29.6 Å². The number of carbonyl (C=O) groups excluding carboxylic acids is 6. The summed E-state index contributed by atoms with van der Waals surface area (Å²) in [5.74, 6) is -5.54. The number of nitrogens with zero attached hydrogens (tertiary/aromatic N) is 7. The second-order valence-electron chi connectivity index (χ2n) is 21.0. The van der Waals surface area contributed by atoms with Crippen LogP contribution in [0, 0.1) is 0 Å². The molecular weight excluding hydrogens is 1210 g/mol. The van der Waals surface area contributed by atoms with E-state index in [1.54, 1.807) is 24.3 Å². The van der Waals surface area contributed by atoms with Gasteiger partial charge in [-0.3, -0.25) is 48.3 Å². The highest BCUT2D eigenvalue weighted by Crippen LogP contribution is 2.15. The Morgan fingerprint density at radius 2 is 0.946 bits per heavy atom. The second kappa shape index (κ2) is 38.5. The van der Waals surface area contributed by atoms with Gasteiger partial charge < -0.3 is 83.7 Å². The number of Topliss-reactive ketones (excluding diaryl/α,β-unsaturated/α-hetero) is 1. The molecule has 2 aromatic carbocycles. The molecule has 6 aromatic rings. The maximum atomic E-state index is 13.0. The minimum absolute atomic E-state index is 0.0358. The first kappa shape index (κ1) is 71.9. The summed E-state index contributed by atoms with van der Waals surface area (Å²) in [5.41, 5.74) is 18.4. The number of fused-ring (bicyclic) bond motifs is 2. The van der Waals surface area contributed by atoms with Crippen LogP contribution >= 0.6 is 0 Å². The third kappa shape index (κ3) is 25.9. The number of carbonyl (C=O) groups is 8. The van der Waals surface area contributed by atoms with Gasteiger partial charge in [-0.25, -0.2) is 29.5 Å². The highest BCUT2D eigenvalue weighted by molar-refractivity contribution is 5.98. The maximum Gasteiger partial charge on any atom is 0.326 e. The molecule has 2 atom stereocenters. The predicted octanol–water partition coefficient (Wildman–Crippen LogP) is -0.676. The van der Waals surface area contributed by atoms with Crippen molar-refractivity contribution in [2.75, 3.05) is 108 Å². The van der Waals surface area contributed by atoms with Gasteiger partial charge in [0, 0.05) is 107 Å². The van der Waals surface area contributed by atoms with E-state index in [0.717, 1.165) is 6.42 Å². The number of aromatic nitrogens is 8. The number of ether oxygens (including phenoxy) is 3. The number of ketones is 1. The summed E-state index contributed by atoms with van der Waals surface area (Å²) in [5, 5.41) is 39.0. The van der Waals surface area contributed by atoms with E-state index < -0.39 is 52.9 Å². The van der Waals surface area contributed by atoms with Crippen LogP contribution in [0.25, 0.3) is 22.3 Å². The van der Waals surface area contributed by atoms with Crippen LogP contribution in [0.3, 0.4) is 0 Å². The average Bonchev–Trinajstić information content (AvgIpc) is 1.22. The molecule has 2 unspecified atom stereocenters. The Morgan fingerprint density at radius 3 is 1.41 bits per heavy atom. The fraction of sp³-hybridized carbons (Fsp3) is 0.458. The van der Waals surface area contributed by atoms with Gasteiger partial charge in [-0.2, -0.15) is 9.97 Å². The molecule has 0 fully saturated rings. The quantitative estimate of drug-likeness (QED) is 0.0211. The molecule has 34 heteroatoms. The standard InChI is InChI=1S/C59H79N19O15/c60-19-2-26-91-28-30-93-31-29-92-27-3-23-78(24-17-46(81)63-20-1-4-42(79)13-14-43(56(87)88)72-52(83)36-5-9-38(10-6-36)66-32-40-34-68-48-50(70-40)74-58(61)76-54(48)85)25-18-47(82)65-22-21-64-45(80)16-15-44(57(89)90)73-53(84)37-7-11-39(12-8-37)67-33-41-35-69-49-51(71-41)75-59(62)77-55(49)86/h5-12,34-35,43-44,66-67H,1-4,13-33,60H2,(H,63,81)(H,64,80)(H,65,82)(H,72,83)(H,73,84)(H,87,88)(H,89,90)(H3,61,70,74,76,85)(H3,62,71,75,77,86). The van der Waals surface area contributed by atoms with E-state index in [1.807, 2.05) is 4.90 Å². The van der Waals surface area contributed by atoms with Crippen molar-refractivity contribution in [3.05, 3.63) is 104 Å². The third-order valence-corrected chi connectivity index (χ3v) is 13.8. The zero-order valence-electron chi connectivity index (χ0n) is 51.2. The van der Waals surface area contributed by atoms with E-state index in [2.05, 4.69) is 77.1 Å². The van der Waals surface area contributed by atoms with Crippen LogP contribution < -0.4 is 65.5 Å². The van der Waals surface area contributed by atoms with Gasteiger partial charge in [-0.1, -0.05) is 0 Å². The highest BCUT2D eigenvalue weighted by atomic mass is 16.5. The number of nitrogens with two attached hydrogens (primary N) is 3. The Labute approximate surface area is 532 Å². The van der Waals surface area contributed by atoms with E-state index in [-0.39, 0.29) is 154 Å². The van der Waals surface area contributed by atoms with Gasteiger partial charge in [0.15, 0.2) is 22.3 Å². The number of anilines is 4. The molecule has 4 aromatic heterocycles. The number of aliphatic carboxylic acids is 2. The fourth-order valence-electron chi connectivity index (χ4n) is 8.83. The molecule has 17 N–H and O–H groups in total. The number of carboxylic acid groups (broad SMARTS) is 2. The number of nitrogens with one attached hydrogen (secondary N) is 9. The summed E-state index contributed by atoms with van der Waals surface area (Å²) in [6.07, 6.45) is 3.90. The molecule has 0 aliphatic carbocycles. The molecule has 0 saturated carbocycles. The smallest absolute Gasteiger partial charge is 0.326 e. The number of aromatic amines is 2. The predicted molar refractivity (Wildman–Crippen MR) is 338 cm³/mol. The van der Waals surface area contributed by atoms with Crippen molar-refractivity contribution in [1.29, 1.82) is 0 Å². The normalized spacial score (nSPS) is 11.8. The molecule has 5 amide bonds. The van der Waals surface area contributed by atoms with Crippen LogP contribution in [0.1, 0.15) is 96.3 Å². The Hall–Kier alpha value is -10.2. The summed E-state index contributed by atoms with van der Waals surface area (Å²) >= 11 is 0. The van der Waals surface area contributed by atoms with Crippen molar-refractivity contribution in [3.63, 3.8) is 0 Å². The van der Waals surface area contributed by atoms with Crippen LogP contribution in [-0.4, -0.2) is 200 Å². The third-order valence-electron chi connectivity index (χ3n) is 13.8. The van der Waals surface area contributed by atoms with Crippen LogP contribution in [0.4, 0.5) is 23.3 Å². The lowest BCUT2D eigenvalue weighted by Gasteiger charge is -2.22. The van der Waals surface area contributed by atoms with Crippen molar-refractivity contribution >= 4 is 92.9 Å². The van der Waals surface area contributed by atoms with Crippen molar-refractivity contribution in [2.45, 2.75) is 89.4 Å². The van der Waals surface area contributed by atoms with E-state index >= 15 is 0 Å². The molecule has 0 aliphatic heterocycles. The number of rotatable bonds is 44. The van der Waals surface area contributed by atoms with Gasteiger partial charge >= 0.3 is 11.9 Å². The van der Waals surface area contributed by atoms with E-state index in [0.29, 0.717) is 88.5 Å². The number of hydrogen-bond acceptors (Lipinski definition) is 25. The maximum absolute atomic E-state index is 13.0. The molecule has 500 valence electrons. The average molecular weight is 1290 g/mol. The zero-order chi connectivity index (χ0) is 66.9. The lowest BCUT2D eigenvalue weighted by molar-refractivity contribution is -0.140. The van der Waals surface area contributed by atoms with Gasteiger partial charge in [-0.05, 0) is 87.2 Å². The molecular formula is C59H79N19O15. The van der Waals surface area contributed by atoms with E-state index in [1.165, 1.54) is 36.7 Å². The molecule has 6 rings (SSSR count). The first-order chi connectivity index (χ1) is 44.8. The number of carboxylic acids is 2. The number of nitrogen functional groups attached to an aromatic ring is 2. The molecule has 0 saturated heterocycles. The van der Waals surface area contributed by atoms with E-state index in [9.17, 15) is 58.2 Å². The largest absolute Gasteiger partial charge is 0.480 e. The molecule has 0 radical (unpaired) electrons. The summed E-state index contributed by atoms with van der Waals surface area (Å²) < 4.78 is 16.7. The summed E-state index contributed by atoms with van der Waals surface area (Å²) in [4.78, 5) is 157. The highest BCUT2D eigenvalue weighted by Gasteiger charge is 2.24. The molecule has 93 heavy (non-hydrogen) atoms. The summed E-state index contributed by atoms with van der Waals surface area (Å²) in [6, 6.07) is 9.65. The van der Waals surface area contributed by atoms with Gasteiger partial charge in [-0.15, -0.1) is 0 Å². The molecule has 34 nitrogen and oxygen atoms in total. The second-order valence-corrected chi connectivity index (χ2v) is 21.0. The van der Waals surface area contributed by atoms with Crippen LogP contribution in [0.2, 0.25) is 0 Å². The number of hydrogen-bond donors (Lipinski definition) is 14. The number of amides is 5. The topological polar surface area (TPSA) is 513 Å². The van der Waals surface area contributed by atoms with Crippen molar-refractivity contribution in [3.8, 4) is 0 Å². The summed E-state index contributed by atoms with van der Waals surface area (Å²) in [6.45, 7) is 4.82. The van der Waals surface area contributed by atoms with Crippen molar-refractivity contribution in [1.82, 2.24) is 71.4 Å². The molecule has 0 spiro atoms. The lowest BCUT2D eigenvalue weighted by Crippen LogP contribution is -2.42. The van der Waals surface area contributed by atoms with Gasteiger partial charge in [0.25, 0.3) is 22.9 Å². The Balaban J connectivity index is 0.852. The fourth-order valence-corrected chi connectivity index (χ4v) is 8.83. The summed E-state index contributed by atoms with van der Waals surface area (Å²) in [7, 11) is 0. The van der Waals surface area contributed by atoms with Crippen LogP contribution in [0.15, 0.2) is 70.5 Å².